The molecule has 0 amide bonds. The lowest BCUT2D eigenvalue weighted by atomic mass is 10.2. The van der Waals surface area contributed by atoms with Crippen molar-refractivity contribution in [2.75, 3.05) is 0 Å². The summed E-state index contributed by atoms with van der Waals surface area (Å²) in [7, 11) is 1.99. The highest BCUT2D eigenvalue weighted by Gasteiger charge is 2.10. The van der Waals surface area contributed by atoms with Crippen LogP contribution in [0.3, 0.4) is 0 Å². The molecule has 0 saturated carbocycles. The van der Waals surface area contributed by atoms with Crippen molar-refractivity contribution in [3.05, 3.63) is 47.8 Å². The number of hydrogen-bond acceptors (Lipinski definition) is 2. The van der Waals surface area contributed by atoms with Crippen LogP contribution in [0.15, 0.2) is 36.9 Å². The van der Waals surface area contributed by atoms with Crippen molar-refractivity contribution < 1.29 is 0 Å². The summed E-state index contributed by atoms with van der Waals surface area (Å²) in [5.41, 5.74) is 0.993. The van der Waals surface area contributed by atoms with Gasteiger partial charge in [0, 0.05) is 24.1 Å². The molecule has 0 bridgehead atoms. The van der Waals surface area contributed by atoms with E-state index in [4.69, 9.17) is 11.6 Å². The van der Waals surface area contributed by atoms with Crippen molar-refractivity contribution in [1.82, 2.24) is 14.8 Å². The molecule has 18 heavy (non-hydrogen) atoms. The van der Waals surface area contributed by atoms with Crippen LogP contribution in [-0.4, -0.2) is 14.8 Å². The molecule has 3 nitrogen and oxygen atoms in total. The van der Waals surface area contributed by atoms with Crippen molar-refractivity contribution in [1.29, 1.82) is 0 Å². The number of unbranched alkanes of at least 4 members (excludes halogenated alkanes) is 1. The molecule has 1 aromatic carbocycles. The molecule has 94 valence electrons. The zero-order valence-corrected chi connectivity index (χ0v) is 11.2. The van der Waals surface area contributed by atoms with Gasteiger partial charge >= 0.3 is 0 Å². The molecule has 0 spiro atoms. The van der Waals surface area contributed by atoms with Crippen molar-refractivity contribution in [3.63, 3.8) is 0 Å². The van der Waals surface area contributed by atoms with Crippen LogP contribution in [0.4, 0.5) is 0 Å². The molecule has 0 fully saturated rings. The number of halogens is 1. The van der Waals surface area contributed by atoms with Gasteiger partial charge in [0.25, 0.3) is 0 Å². The van der Waals surface area contributed by atoms with Crippen LogP contribution in [0, 0.1) is 0 Å². The van der Waals surface area contributed by atoms with Crippen LogP contribution in [0.5, 0.6) is 0 Å². The zero-order valence-electron chi connectivity index (χ0n) is 10.4. The molecule has 0 aliphatic heterocycles. The third-order valence-electron chi connectivity index (χ3n) is 2.86. The normalized spacial score (nSPS) is 10.6. The Morgan fingerprint density at radius 2 is 2.22 bits per heavy atom. The van der Waals surface area contributed by atoms with E-state index in [2.05, 4.69) is 16.8 Å². The lowest BCUT2D eigenvalue weighted by molar-refractivity contribution is 0.733. The first kappa shape index (κ1) is 12.8. The van der Waals surface area contributed by atoms with Crippen molar-refractivity contribution in [2.45, 2.75) is 19.3 Å². The van der Waals surface area contributed by atoms with Gasteiger partial charge in [-0.3, -0.25) is 0 Å². The summed E-state index contributed by atoms with van der Waals surface area (Å²) in [5, 5.41) is 9.18. The highest BCUT2D eigenvalue weighted by Crippen LogP contribution is 2.21. The fourth-order valence-electron chi connectivity index (χ4n) is 1.86. The summed E-state index contributed by atoms with van der Waals surface area (Å²) in [5.74, 6) is 1.85. The third kappa shape index (κ3) is 2.79. The molecule has 4 heteroatoms. The van der Waals surface area contributed by atoms with Crippen molar-refractivity contribution >= 4 is 11.6 Å². The predicted molar refractivity (Wildman–Crippen MR) is 74.6 cm³/mol. The van der Waals surface area contributed by atoms with E-state index in [1.807, 2.05) is 42.0 Å². The maximum absolute atomic E-state index is 5.99. The summed E-state index contributed by atoms with van der Waals surface area (Å²) >= 11 is 5.99. The molecule has 2 rings (SSSR count). The maximum Gasteiger partial charge on any atom is 0.163 e. The fourth-order valence-corrected chi connectivity index (χ4v) is 2.05. The van der Waals surface area contributed by atoms with Crippen LogP contribution in [0.25, 0.3) is 11.4 Å². The average molecular weight is 262 g/mol. The number of benzene rings is 1. The Labute approximate surface area is 112 Å². The summed E-state index contributed by atoms with van der Waals surface area (Å²) in [6.07, 6.45) is 4.88. The Morgan fingerprint density at radius 1 is 1.39 bits per heavy atom. The van der Waals surface area contributed by atoms with E-state index < -0.39 is 0 Å². The second kappa shape index (κ2) is 5.83. The number of aromatic nitrogens is 3. The van der Waals surface area contributed by atoms with Crippen LogP contribution in [0.1, 0.15) is 18.7 Å². The van der Waals surface area contributed by atoms with E-state index in [0.717, 1.165) is 36.5 Å². The molecule has 2 aromatic rings. The molecule has 0 saturated heterocycles. The number of rotatable bonds is 5. The lowest BCUT2D eigenvalue weighted by Gasteiger charge is -2.03. The standard InChI is InChI=1S/C14H16ClN3/c1-3-4-5-9-13-16-17-14(18(13)2)11-7-6-8-12(15)10-11/h3,6-8,10H,1,4-5,9H2,2H3. The fraction of sp³-hybridized carbons (Fsp3) is 0.286. The van der Waals surface area contributed by atoms with Gasteiger partial charge in [0.15, 0.2) is 5.82 Å². The first-order valence-corrected chi connectivity index (χ1v) is 6.35. The maximum atomic E-state index is 5.99. The first-order valence-electron chi connectivity index (χ1n) is 5.97. The molecule has 0 N–H and O–H groups in total. The minimum absolute atomic E-state index is 0.712. The molecular formula is C14H16ClN3. The van der Waals surface area contributed by atoms with Gasteiger partial charge in [-0.1, -0.05) is 29.8 Å². The molecule has 0 atom stereocenters. The van der Waals surface area contributed by atoms with Crippen LogP contribution < -0.4 is 0 Å². The Bertz CT molecular complexity index is 546. The Morgan fingerprint density at radius 3 is 2.94 bits per heavy atom. The Kier molecular flexibility index (Phi) is 4.15. The smallest absolute Gasteiger partial charge is 0.163 e. The third-order valence-corrected chi connectivity index (χ3v) is 3.09. The number of nitrogens with zero attached hydrogens (tertiary/aromatic N) is 3. The molecule has 1 aromatic heterocycles. The number of aryl methyl sites for hydroxylation is 1. The van der Waals surface area contributed by atoms with E-state index in [9.17, 15) is 0 Å². The molecule has 1 heterocycles. The monoisotopic (exact) mass is 261 g/mol. The van der Waals surface area contributed by atoms with E-state index in [-0.39, 0.29) is 0 Å². The summed E-state index contributed by atoms with van der Waals surface area (Å²) in [4.78, 5) is 0. The molecule has 0 radical (unpaired) electrons. The van der Waals surface area contributed by atoms with Crippen LogP contribution >= 0.6 is 11.6 Å². The van der Waals surface area contributed by atoms with E-state index in [0.29, 0.717) is 5.02 Å². The van der Waals surface area contributed by atoms with Gasteiger partial charge in [0.2, 0.25) is 0 Å². The van der Waals surface area contributed by atoms with E-state index in [1.54, 1.807) is 0 Å². The lowest BCUT2D eigenvalue weighted by Crippen LogP contribution is -1.99. The number of allylic oxidation sites excluding steroid dienone is 1. The quantitative estimate of drug-likeness (QED) is 0.608. The second-order valence-electron chi connectivity index (χ2n) is 4.19. The molecule has 0 aliphatic rings. The summed E-state index contributed by atoms with van der Waals surface area (Å²) in [6, 6.07) is 7.67. The Hall–Kier alpha value is -1.61. The molecule has 0 aliphatic carbocycles. The van der Waals surface area contributed by atoms with Gasteiger partial charge in [0.05, 0.1) is 0 Å². The summed E-state index contributed by atoms with van der Waals surface area (Å²) in [6.45, 7) is 3.72. The minimum atomic E-state index is 0.712. The van der Waals surface area contributed by atoms with Gasteiger partial charge in [0.1, 0.15) is 5.82 Å². The highest BCUT2D eigenvalue weighted by molar-refractivity contribution is 6.30. The topological polar surface area (TPSA) is 30.7 Å². The van der Waals surface area contributed by atoms with E-state index in [1.165, 1.54) is 0 Å². The van der Waals surface area contributed by atoms with Crippen LogP contribution in [0.2, 0.25) is 5.02 Å². The van der Waals surface area contributed by atoms with Gasteiger partial charge in [-0.05, 0) is 25.0 Å². The second-order valence-corrected chi connectivity index (χ2v) is 4.63. The predicted octanol–water partition coefficient (Wildman–Crippen LogP) is 3.64. The summed E-state index contributed by atoms with van der Waals surface area (Å²) < 4.78 is 2.02. The van der Waals surface area contributed by atoms with E-state index >= 15 is 0 Å². The average Bonchev–Trinajstić information content (AvgIpc) is 2.72. The number of hydrogen-bond donors (Lipinski definition) is 0. The van der Waals surface area contributed by atoms with Gasteiger partial charge in [-0.25, -0.2) is 0 Å². The van der Waals surface area contributed by atoms with Crippen LogP contribution in [-0.2, 0) is 13.5 Å². The SMILES string of the molecule is C=CCCCc1nnc(-c2cccc(Cl)c2)n1C. The van der Waals surface area contributed by atoms with Gasteiger partial charge in [-0.2, -0.15) is 0 Å². The Balaban J connectivity index is 2.22. The van der Waals surface area contributed by atoms with Gasteiger partial charge < -0.3 is 4.57 Å². The first-order chi connectivity index (χ1) is 8.72. The zero-order chi connectivity index (χ0) is 13.0. The van der Waals surface area contributed by atoms with Crippen molar-refractivity contribution in [2.24, 2.45) is 7.05 Å². The molecular weight excluding hydrogens is 246 g/mol. The largest absolute Gasteiger partial charge is 0.314 e. The van der Waals surface area contributed by atoms with Gasteiger partial charge in [-0.15, -0.1) is 16.8 Å². The minimum Gasteiger partial charge on any atom is -0.314 e. The van der Waals surface area contributed by atoms with Crippen molar-refractivity contribution in [3.8, 4) is 11.4 Å². The highest BCUT2D eigenvalue weighted by atomic mass is 35.5. The molecule has 0 unspecified atom stereocenters.